The van der Waals surface area contributed by atoms with E-state index in [-0.39, 0.29) is 0 Å². The Labute approximate surface area is 78.5 Å². The summed E-state index contributed by atoms with van der Waals surface area (Å²) in [6.45, 7) is 2.59. The zero-order valence-electron chi connectivity index (χ0n) is 7.83. The van der Waals surface area contributed by atoms with Gasteiger partial charge in [0.2, 0.25) is 0 Å². The fourth-order valence-electron chi connectivity index (χ4n) is 1.33. The molecule has 4 N–H and O–H groups in total. The predicted molar refractivity (Wildman–Crippen MR) is 56.1 cm³/mol. The summed E-state index contributed by atoms with van der Waals surface area (Å²) in [6, 6.07) is 6.01. The standard InChI is InChI=1S/C10H15N3/c1-2-8-4-3-5-9(6-11)10(8)13-7-12/h3-5,7H,2,6,11H2,1H3,(H2,12,13). The van der Waals surface area contributed by atoms with E-state index in [9.17, 15) is 0 Å². The molecule has 0 aliphatic rings. The van der Waals surface area contributed by atoms with Crippen LogP contribution in [-0.2, 0) is 13.0 Å². The number of benzene rings is 1. The highest BCUT2D eigenvalue weighted by Crippen LogP contribution is 2.24. The molecular weight excluding hydrogens is 162 g/mol. The van der Waals surface area contributed by atoms with Crippen molar-refractivity contribution in [3.8, 4) is 0 Å². The third-order valence-corrected chi connectivity index (χ3v) is 2.01. The highest BCUT2D eigenvalue weighted by atomic mass is 14.8. The Kier molecular flexibility index (Phi) is 3.46. The van der Waals surface area contributed by atoms with Crippen molar-refractivity contribution in [2.75, 3.05) is 0 Å². The van der Waals surface area contributed by atoms with Crippen LogP contribution in [0.4, 0.5) is 5.69 Å². The summed E-state index contributed by atoms with van der Waals surface area (Å²) >= 11 is 0. The second-order valence-corrected chi connectivity index (χ2v) is 2.76. The second kappa shape index (κ2) is 4.62. The lowest BCUT2D eigenvalue weighted by atomic mass is 10.1. The quantitative estimate of drug-likeness (QED) is 0.540. The predicted octanol–water partition coefficient (Wildman–Crippen LogP) is 1.33. The fraction of sp³-hybridized carbons (Fsp3) is 0.300. The van der Waals surface area contributed by atoms with Crippen molar-refractivity contribution in [1.82, 2.24) is 0 Å². The maximum atomic E-state index is 5.59. The molecule has 0 amide bonds. The minimum absolute atomic E-state index is 0.501. The normalized spacial score (nSPS) is 10.9. The van der Waals surface area contributed by atoms with Crippen LogP contribution < -0.4 is 11.5 Å². The first kappa shape index (κ1) is 9.74. The van der Waals surface area contributed by atoms with Crippen LogP contribution in [0.1, 0.15) is 18.1 Å². The third-order valence-electron chi connectivity index (χ3n) is 2.01. The van der Waals surface area contributed by atoms with E-state index >= 15 is 0 Å². The monoisotopic (exact) mass is 177 g/mol. The molecule has 0 heterocycles. The van der Waals surface area contributed by atoms with E-state index in [4.69, 9.17) is 11.5 Å². The molecule has 0 aliphatic carbocycles. The summed E-state index contributed by atoms with van der Waals surface area (Å²) in [5.74, 6) is 0. The summed E-state index contributed by atoms with van der Waals surface area (Å²) in [5, 5.41) is 0. The van der Waals surface area contributed by atoms with Gasteiger partial charge < -0.3 is 11.5 Å². The van der Waals surface area contributed by atoms with Crippen molar-refractivity contribution in [2.24, 2.45) is 16.5 Å². The molecule has 0 aromatic heterocycles. The molecule has 1 aromatic rings. The van der Waals surface area contributed by atoms with Gasteiger partial charge in [-0.3, -0.25) is 0 Å². The smallest absolute Gasteiger partial charge is 0.0860 e. The van der Waals surface area contributed by atoms with Gasteiger partial charge in [-0.2, -0.15) is 0 Å². The van der Waals surface area contributed by atoms with Crippen LogP contribution in [0.2, 0.25) is 0 Å². The number of aliphatic imine (C=N–C) groups is 1. The third kappa shape index (κ3) is 2.06. The Hall–Kier alpha value is -1.35. The number of rotatable bonds is 3. The second-order valence-electron chi connectivity index (χ2n) is 2.76. The highest BCUT2D eigenvalue weighted by molar-refractivity contribution is 5.64. The molecule has 0 bridgehead atoms. The van der Waals surface area contributed by atoms with Crippen molar-refractivity contribution in [1.29, 1.82) is 0 Å². The summed E-state index contributed by atoms with van der Waals surface area (Å²) < 4.78 is 0. The lowest BCUT2D eigenvalue weighted by molar-refractivity contribution is 1.04. The Bertz CT molecular complexity index is 283. The summed E-state index contributed by atoms with van der Waals surface area (Å²) in [7, 11) is 0. The molecule has 0 radical (unpaired) electrons. The lowest BCUT2D eigenvalue weighted by Gasteiger charge is -2.07. The molecule has 0 atom stereocenters. The Morgan fingerprint density at radius 1 is 1.38 bits per heavy atom. The first-order valence-corrected chi connectivity index (χ1v) is 4.38. The lowest BCUT2D eigenvalue weighted by Crippen LogP contribution is -1.99. The van der Waals surface area contributed by atoms with Gasteiger partial charge in [-0.05, 0) is 17.5 Å². The topological polar surface area (TPSA) is 64.4 Å². The Balaban J connectivity index is 3.21. The molecule has 3 heteroatoms. The highest BCUT2D eigenvalue weighted by Gasteiger charge is 2.03. The van der Waals surface area contributed by atoms with Gasteiger partial charge in [0.25, 0.3) is 0 Å². The zero-order valence-corrected chi connectivity index (χ0v) is 7.83. The number of hydrogen-bond donors (Lipinski definition) is 2. The molecule has 0 saturated heterocycles. The molecule has 0 fully saturated rings. The van der Waals surface area contributed by atoms with Crippen molar-refractivity contribution in [3.05, 3.63) is 29.3 Å². The van der Waals surface area contributed by atoms with Gasteiger partial charge >= 0.3 is 0 Å². The number of aryl methyl sites for hydroxylation is 1. The van der Waals surface area contributed by atoms with E-state index in [0.717, 1.165) is 17.7 Å². The molecule has 70 valence electrons. The summed E-state index contributed by atoms with van der Waals surface area (Å²) in [5.41, 5.74) is 14.0. The van der Waals surface area contributed by atoms with Crippen molar-refractivity contribution in [2.45, 2.75) is 19.9 Å². The molecule has 0 aliphatic heterocycles. The molecular formula is C10H15N3. The molecule has 3 nitrogen and oxygen atoms in total. The van der Waals surface area contributed by atoms with E-state index in [1.807, 2.05) is 18.2 Å². The molecule has 1 aromatic carbocycles. The number of para-hydroxylation sites is 1. The molecule has 0 spiro atoms. The minimum atomic E-state index is 0.501. The van der Waals surface area contributed by atoms with Gasteiger partial charge in [-0.1, -0.05) is 25.1 Å². The fourth-order valence-corrected chi connectivity index (χ4v) is 1.33. The SMILES string of the molecule is CCc1cccc(CN)c1N=CN. The maximum Gasteiger partial charge on any atom is 0.0860 e. The van der Waals surface area contributed by atoms with E-state index in [1.165, 1.54) is 11.9 Å². The molecule has 0 saturated carbocycles. The largest absolute Gasteiger partial charge is 0.390 e. The summed E-state index contributed by atoms with van der Waals surface area (Å²) in [6.07, 6.45) is 2.26. The molecule has 0 unspecified atom stereocenters. The van der Waals surface area contributed by atoms with Crippen LogP contribution in [0, 0.1) is 0 Å². The van der Waals surface area contributed by atoms with E-state index in [2.05, 4.69) is 11.9 Å². The van der Waals surface area contributed by atoms with E-state index in [1.54, 1.807) is 0 Å². The maximum absolute atomic E-state index is 5.59. The number of nitrogens with zero attached hydrogens (tertiary/aromatic N) is 1. The zero-order chi connectivity index (χ0) is 9.68. The average molecular weight is 177 g/mol. The van der Waals surface area contributed by atoms with Gasteiger partial charge in [0.05, 0.1) is 12.0 Å². The number of nitrogens with two attached hydrogens (primary N) is 2. The van der Waals surface area contributed by atoms with E-state index < -0.39 is 0 Å². The first-order chi connectivity index (χ1) is 6.33. The minimum Gasteiger partial charge on any atom is -0.390 e. The van der Waals surface area contributed by atoms with E-state index in [0.29, 0.717) is 6.54 Å². The summed E-state index contributed by atoms with van der Waals surface area (Å²) in [4.78, 5) is 4.12. The van der Waals surface area contributed by atoms with Gasteiger partial charge in [-0.15, -0.1) is 0 Å². The van der Waals surface area contributed by atoms with Crippen LogP contribution in [-0.4, -0.2) is 6.34 Å². The van der Waals surface area contributed by atoms with Gasteiger partial charge in [0, 0.05) is 6.54 Å². The van der Waals surface area contributed by atoms with Crippen molar-refractivity contribution >= 4 is 12.0 Å². The Morgan fingerprint density at radius 3 is 2.62 bits per heavy atom. The van der Waals surface area contributed by atoms with Gasteiger partial charge in [0.15, 0.2) is 0 Å². The van der Waals surface area contributed by atoms with Crippen molar-refractivity contribution in [3.63, 3.8) is 0 Å². The molecule has 1 rings (SSSR count). The van der Waals surface area contributed by atoms with Crippen LogP contribution in [0.25, 0.3) is 0 Å². The van der Waals surface area contributed by atoms with Crippen LogP contribution in [0.15, 0.2) is 23.2 Å². The van der Waals surface area contributed by atoms with Gasteiger partial charge in [0.1, 0.15) is 0 Å². The van der Waals surface area contributed by atoms with Crippen LogP contribution >= 0.6 is 0 Å². The first-order valence-electron chi connectivity index (χ1n) is 4.38. The van der Waals surface area contributed by atoms with Crippen LogP contribution in [0.3, 0.4) is 0 Å². The number of hydrogen-bond acceptors (Lipinski definition) is 2. The molecule has 13 heavy (non-hydrogen) atoms. The van der Waals surface area contributed by atoms with Crippen molar-refractivity contribution < 1.29 is 0 Å². The van der Waals surface area contributed by atoms with Gasteiger partial charge in [-0.25, -0.2) is 4.99 Å². The average Bonchev–Trinajstić information content (AvgIpc) is 2.18. The Morgan fingerprint density at radius 2 is 2.08 bits per heavy atom. The van der Waals surface area contributed by atoms with Crippen LogP contribution in [0.5, 0.6) is 0 Å².